The Morgan fingerprint density at radius 1 is 0.794 bits per heavy atom. The second-order valence-corrected chi connectivity index (χ2v) is 10.8. The van der Waals surface area contributed by atoms with Crippen molar-refractivity contribution in [2.75, 3.05) is 4.90 Å². The number of allylic oxidation sites excluding steroid dienone is 2. The van der Waals surface area contributed by atoms with Crippen molar-refractivity contribution in [1.82, 2.24) is 0 Å². The van der Waals surface area contributed by atoms with Crippen LogP contribution in [0.25, 0.3) is 16.9 Å². The quantitative estimate of drug-likeness (QED) is 0.402. The van der Waals surface area contributed by atoms with E-state index in [-0.39, 0.29) is 44.5 Å². The third kappa shape index (κ3) is 4.81. The second kappa shape index (κ2) is 10.5. The molecule has 2 aromatic carbocycles. The molecule has 179 valence electrons. The topological polar surface area (TPSA) is 61.2 Å². The Morgan fingerprint density at radius 3 is 1.79 bits per heavy atom. The van der Waals surface area contributed by atoms with Crippen molar-refractivity contribution >= 4 is 28.6 Å². The molecule has 1 aliphatic heterocycles. The van der Waals surface area contributed by atoms with Crippen LogP contribution >= 0.6 is 0 Å². The molecule has 0 unspecified atom stereocenters. The first kappa shape index (κ1) is 28.5. The van der Waals surface area contributed by atoms with E-state index in [1.54, 1.807) is 27.7 Å². The van der Waals surface area contributed by atoms with Gasteiger partial charge in [-0.2, -0.15) is 0 Å². The first-order chi connectivity index (χ1) is 15.3. The van der Waals surface area contributed by atoms with Crippen LogP contribution < -0.4 is 4.90 Å². The zero-order chi connectivity index (χ0) is 24.7. The van der Waals surface area contributed by atoms with E-state index < -0.39 is 16.7 Å². The number of amides is 2. The molecule has 0 aromatic heterocycles. The maximum Gasteiger partial charge on any atom is 0.233 e. The van der Waals surface area contributed by atoms with Crippen molar-refractivity contribution in [3.63, 3.8) is 0 Å². The van der Waals surface area contributed by atoms with Gasteiger partial charge in [-0.1, -0.05) is 97.9 Å². The van der Waals surface area contributed by atoms with E-state index in [4.69, 9.17) is 5.73 Å². The Morgan fingerprint density at radius 2 is 1.26 bits per heavy atom. The number of anilines is 1. The number of para-hydroxylation sites is 1. The fourth-order valence-electron chi connectivity index (χ4n) is 4.72. The van der Waals surface area contributed by atoms with Crippen molar-refractivity contribution < 1.29 is 42.3 Å². The number of carbonyl (C=O) groups excluding carboxylic acids is 2. The van der Waals surface area contributed by atoms with Gasteiger partial charge in [-0.3, -0.25) is 4.79 Å². The van der Waals surface area contributed by atoms with Gasteiger partial charge in [-0.25, -0.2) is 0 Å². The molecule has 0 saturated carbocycles. The zero-order valence-electron chi connectivity index (χ0n) is 21.8. The first-order valence-electron chi connectivity index (χ1n) is 11.8. The molecule has 0 aliphatic carbocycles. The minimum absolute atomic E-state index is 0. The Labute approximate surface area is 230 Å². The van der Waals surface area contributed by atoms with Gasteiger partial charge in [0.1, 0.15) is 0 Å². The molecule has 2 amide bonds. The maximum atomic E-state index is 14.2. The number of hydrogen-bond acceptors (Lipinski definition) is 2. The molecule has 1 aliphatic rings. The van der Waals surface area contributed by atoms with Gasteiger partial charge in [0.15, 0.2) is 0 Å². The summed E-state index contributed by atoms with van der Waals surface area (Å²) in [4.78, 5) is 28.2. The minimum Gasteiger partial charge on any atom is -0.667 e. The molecule has 4 nitrogen and oxygen atoms in total. The van der Waals surface area contributed by atoms with Crippen LogP contribution in [0.15, 0.2) is 48.5 Å². The third-order valence-electron chi connectivity index (χ3n) is 7.48. The molecule has 2 aromatic rings. The molecule has 0 fully saturated rings. The van der Waals surface area contributed by atoms with E-state index in [0.717, 1.165) is 16.8 Å². The summed E-state index contributed by atoms with van der Waals surface area (Å²) in [5.41, 5.74) is 12.4. The fraction of sp³-hybridized carbons (Fsp3) is 0.448. The standard InChI is InChI=1S/C29H38N2O2.Y/c1-18(2)24-21-14-10-9-13-20(21)17-31(27(33)29(7,8)28(5,6)26(30)32)23-16-12-11-15-22(23)25(24)19(3)4;/h9-16,18-19H,17H2,1-8H3,(H2,30,32);/p-1/b25-24-;. The molecule has 1 heterocycles. The smallest absolute Gasteiger partial charge is 0.233 e. The van der Waals surface area contributed by atoms with Crippen LogP contribution in [-0.4, -0.2) is 11.8 Å². The average molecular weight is 535 g/mol. The summed E-state index contributed by atoms with van der Waals surface area (Å²) >= 11 is 0. The summed E-state index contributed by atoms with van der Waals surface area (Å²) in [6.45, 7) is 16.2. The van der Waals surface area contributed by atoms with E-state index in [1.165, 1.54) is 16.7 Å². The van der Waals surface area contributed by atoms with Gasteiger partial charge in [0.05, 0.1) is 23.6 Å². The summed E-state index contributed by atoms with van der Waals surface area (Å²) in [7, 11) is 0. The Hall–Kier alpha value is -1.78. The number of benzene rings is 2. The number of nitrogens with one attached hydrogen (secondary N) is 1. The van der Waals surface area contributed by atoms with Gasteiger partial charge in [-0.15, -0.1) is 0 Å². The van der Waals surface area contributed by atoms with E-state index >= 15 is 0 Å². The summed E-state index contributed by atoms with van der Waals surface area (Å²) < 4.78 is 0. The number of rotatable bonds is 5. The first-order valence-corrected chi connectivity index (χ1v) is 11.8. The number of fused-ring (bicyclic) bond motifs is 2. The average Bonchev–Trinajstić information content (AvgIpc) is 2.73. The second-order valence-electron chi connectivity index (χ2n) is 10.8. The van der Waals surface area contributed by atoms with Crippen molar-refractivity contribution in [2.45, 2.75) is 61.9 Å². The largest absolute Gasteiger partial charge is 0.667 e. The molecule has 1 N–H and O–H groups in total. The molecular weight excluding hydrogens is 497 g/mol. The van der Waals surface area contributed by atoms with Crippen LogP contribution in [0.1, 0.15) is 72.1 Å². The van der Waals surface area contributed by atoms with Crippen LogP contribution in [0.5, 0.6) is 0 Å². The van der Waals surface area contributed by atoms with E-state index in [1.807, 2.05) is 29.2 Å². The number of nitrogens with zero attached hydrogens (tertiary/aromatic N) is 1. The summed E-state index contributed by atoms with van der Waals surface area (Å²) in [6, 6.07) is 16.4. The molecule has 0 saturated heterocycles. The fourth-order valence-corrected chi connectivity index (χ4v) is 4.72. The SMILES string of the molecule is CC(C)/C1=C(\C(C)C)c2ccccc2N(C(=O)C(C)(C)C(C)(C)C([NH-])=O)Cc2ccccc21.[Y]. The molecular formula is C29H37N2O2Y-. The Balaban J connectivity index is 0.00000408. The predicted molar refractivity (Wildman–Crippen MR) is 137 cm³/mol. The number of carbonyl (C=O) groups is 2. The van der Waals surface area contributed by atoms with Crippen LogP contribution in [0, 0.1) is 22.7 Å². The minimum atomic E-state index is -1.12. The van der Waals surface area contributed by atoms with Gasteiger partial charge < -0.3 is 15.4 Å². The molecule has 0 bridgehead atoms. The number of hydrogen-bond donors (Lipinski definition) is 0. The summed E-state index contributed by atoms with van der Waals surface area (Å²) in [6.07, 6.45) is 0. The van der Waals surface area contributed by atoms with Crippen LogP contribution in [0.2, 0.25) is 0 Å². The molecule has 0 spiro atoms. The van der Waals surface area contributed by atoms with Crippen molar-refractivity contribution in [3.8, 4) is 0 Å². The maximum absolute atomic E-state index is 14.2. The monoisotopic (exact) mass is 534 g/mol. The van der Waals surface area contributed by atoms with Gasteiger partial charge in [0, 0.05) is 43.7 Å². The Kier molecular flexibility index (Phi) is 8.75. The van der Waals surface area contributed by atoms with Gasteiger partial charge in [0.2, 0.25) is 5.91 Å². The molecule has 0 atom stereocenters. The van der Waals surface area contributed by atoms with Gasteiger partial charge >= 0.3 is 0 Å². The van der Waals surface area contributed by atoms with E-state index in [2.05, 4.69) is 52.0 Å². The molecule has 1 radical (unpaired) electrons. The van der Waals surface area contributed by atoms with Crippen molar-refractivity contribution in [2.24, 2.45) is 22.7 Å². The van der Waals surface area contributed by atoms with E-state index in [0.29, 0.717) is 12.5 Å². The molecule has 5 heteroatoms. The van der Waals surface area contributed by atoms with Crippen LogP contribution in [0.3, 0.4) is 0 Å². The third-order valence-corrected chi connectivity index (χ3v) is 7.48. The van der Waals surface area contributed by atoms with E-state index in [9.17, 15) is 9.59 Å². The van der Waals surface area contributed by atoms with Gasteiger partial charge in [0.25, 0.3) is 0 Å². The van der Waals surface area contributed by atoms with Crippen LogP contribution in [-0.2, 0) is 48.8 Å². The van der Waals surface area contributed by atoms with Crippen LogP contribution in [0.4, 0.5) is 5.69 Å². The van der Waals surface area contributed by atoms with Gasteiger partial charge in [-0.05, 0) is 40.2 Å². The Bertz CT molecular complexity index is 1110. The normalized spacial score (nSPS) is 16.4. The molecule has 3 rings (SSSR count). The summed E-state index contributed by atoms with van der Waals surface area (Å²) in [5.74, 6) is -0.306. The summed E-state index contributed by atoms with van der Waals surface area (Å²) in [5, 5.41) is 0. The molecule has 34 heavy (non-hydrogen) atoms. The zero-order valence-corrected chi connectivity index (χ0v) is 24.7. The predicted octanol–water partition coefficient (Wildman–Crippen LogP) is 7.38. The van der Waals surface area contributed by atoms with Crippen molar-refractivity contribution in [3.05, 3.63) is 71.0 Å². The van der Waals surface area contributed by atoms with Crippen molar-refractivity contribution in [1.29, 1.82) is 0 Å².